The van der Waals surface area contributed by atoms with Gasteiger partial charge in [-0.3, -0.25) is 4.79 Å². The smallest absolute Gasteiger partial charge is 0.254 e. The Balaban J connectivity index is 1.92. The Bertz CT molecular complexity index is 841. The number of carbonyl (C=O) groups is 1. The van der Waals surface area contributed by atoms with Crippen LogP contribution in [0, 0.1) is 13.8 Å². The Morgan fingerprint density at radius 3 is 2.86 bits per heavy atom. The van der Waals surface area contributed by atoms with Crippen LogP contribution in [0.4, 0.5) is 0 Å². The molecule has 1 N–H and O–H groups in total. The number of furan rings is 1. The molecule has 3 rings (SSSR count). The van der Waals surface area contributed by atoms with Gasteiger partial charge in [0.15, 0.2) is 0 Å². The Kier molecular flexibility index (Phi) is 3.86. The first kappa shape index (κ1) is 14.6. The molecule has 0 saturated heterocycles. The Hall–Kier alpha value is -2.33. The molecule has 0 bridgehead atoms. The Labute approximate surface area is 133 Å². The van der Waals surface area contributed by atoms with Gasteiger partial charge in [0, 0.05) is 5.39 Å². The molecule has 0 aliphatic carbocycles. The van der Waals surface area contributed by atoms with E-state index in [2.05, 4.69) is 10.3 Å². The fourth-order valence-corrected chi connectivity index (χ4v) is 2.69. The second-order valence-electron chi connectivity index (χ2n) is 5.24. The van der Waals surface area contributed by atoms with E-state index in [1.165, 1.54) is 0 Å². The third-order valence-electron chi connectivity index (χ3n) is 3.45. The highest BCUT2D eigenvalue weighted by Crippen LogP contribution is 2.24. The summed E-state index contributed by atoms with van der Waals surface area (Å²) in [6.07, 6.45) is 1.57. The number of carbonyl (C=O) groups excluding carboxylic acids is 1. The zero-order valence-corrected chi connectivity index (χ0v) is 13.1. The van der Waals surface area contributed by atoms with Gasteiger partial charge in [-0.2, -0.15) is 0 Å². The highest BCUT2D eigenvalue weighted by atomic mass is 35.5. The monoisotopic (exact) mass is 314 g/mol. The van der Waals surface area contributed by atoms with Gasteiger partial charge >= 0.3 is 0 Å². The molecule has 0 fully saturated rings. The molecule has 0 atom stereocenters. The van der Waals surface area contributed by atoms with Gasteiger partial charge < -0.3 is 9.73 Å². The fourth-order valence-electron chi connectivity index (χ4n) is 2.46. The van der Waals surface area contributed by atoms with Crippen LogP contribution in [0.2, 0.25) is 5.15 Å². The van der Waals surface area contributed by atoms with Crippen molar-refractivity contribution >= 4 is 28.4 Å². The number of aromatic nitrogens is 1. The average Bonchev–Trinajstić information content (AvgIpc) is 2.98. The molecule has 22 heavy (non-hydrogen) atoms. The molecule has 0 spiro atoms. The number of nitrogens with one attached hydrogen (secondary N) is 1. The van der Waals surface area contributed by atoms with Crippen LogP contribution in [-0.4, -0.2) is 10.9 Å². The van der Waals surface area contributed by atoms with E-state index in [1.807, 2.05) is 26.0 Å². The Morgan fingerprint density at radius 1 is 1.32 bits per heavy atom. The zero-order valence-electron chi connectivity index (χ0n) is 12.3. The van der Waals surface area contributed by atoms with E-state index in [-0.39, 0.29) is 11.1 Å². The molecule has 2 aromatic heterocycles. The van der Waals surface area contributed by atoms with Crippen molar-refractivity contribution in [3.63, 3.8) is 0 Å². The van der Waals surface area contributed by atoms with E-state index in [0.717, 1.165) is 22.0 Å². The Morgan fingerprint density at radius 2 is 2.14 bits per heavy atom. The molecular weight excluding hydrogens is 300 g/mol. The van der Waals surface area contributed by atoms with Crippen LogP contribution in [0.5, 0.6) is 0 Å². The number of benzene rings is 1. The van der Waals surface area contributed by atoms with Crippen LogP contribution in [0.25, 0.3) is 10.9 Å². The summed E-state index contributed by atoms with van der Waals surface area (Å²) in [6, 6.07) is 9.39. The second kappa shape index (κ2) is 5.81. The minimum Gasteiger partial charge on any atom is -0.467 e. The lowest BCUT2D eigenvalue weighted by atomic mass is 10.1. The number of halogens is 1. The summed E-state index contributed by atoms with van der Waals surface area (Å²) in [5.41, 5.74) is 3.35. The van der Waals surface area contributed by atoms with Crippen molar-refractivity contribution in [2.24, 2.45) is 0 Å². The molecule has 0 saturated carbocycles. The van der Waals surface area contributed by atoms with Crippen LogP contribution < -0.4 is 5.32 Å². The van der Waals surface area contributed by atoms with Crippen LogP contribution in [-0.2, 0) is 6.54 Å². The molecule has 0 aliphatic rings. The van der Waals surface area contributed by atoms with Gasteiger partial charge in [-0.1, -0.05) is 23.2 Å². The van der Waals surface area contributed by atoms with Gasteiger partial charge in [0.05, 0.1) is 23.9 Å². The summed E-state index contributed by atoms with van der Waals surface area (Å²) < 4.78 is 5.19. The van der Waals surface area contributed by atoms with Crippen molar-refractivity contribution in [1.82, 2.24) is 10.3 Å². The predicted molar refractivity (Wildman–Crippen MR) is 86.1 cm³/mol. The van der Waals surface area contributed by atoms with Crippen LogP contribution in [0.3, 0.4) is 0 Å². The molecule has 1 amide bonds. The number of rotatable bonds is 3. The van der Waals surface area contributed by atoms with Crippen molar-refractivity contribution in [1.29, 1.82) is 0 Å². The first-order chi connectivity index (χ1) is 10.5. The maximum atomic E-state index is 12.3. The van der Waals surface area contributed by atoms with Gasteiger partial charge in [-0.25, -0.2) is 4.98 Å². The highest BCUT2D eigenvalue weighted by Gasteiger charge is 2.14. The number of pyridine rings is 1. The first-order valence-corrected chi connectivity index (χ1v) is 7.30. The van der Waals surface area contributed by atoms with Crippen molar-refractivity contribution < 1.29 is 9.21 Å². The molecular formula is C17H15ClN2O2. The minimum atomic E-state index is -0.269. The lowest BCUT2D eigenvalue weighted by Gasteiger charge is -2.09. The SMILES string of the molecule is Cc1cc(C)c2nc(Cl)c(C(=O)NCc3ccco3)cc2c1. The van der Waals surface area contributed by atoms with Gasteiger partial charge in [0.1, 0.15) is 10.9 Å². The van der Waals surface area contributed by atoms with E-state index in [1.54, 1.807) is 24.5 Å². The molecule has 3 aromatic rings. The largest absolute Gasteiger partial charge is 0.467 e. The topological polar surface area (TPSA) is 55.1 Å². The normalized spacial score (nSPS) is 10.9. The maximum absolute atomic E-state index is 12.3. The number of fused-ring (bicyclic) bond motifs is 1. The second-order valence-corrected chi connectivity index (χ2v) is 5.60. The van der Waals surface area contributed by atoms with Crippen LogP contribution in [0.15, 0.2) is 41.0 Å². The number of hydrogen-bond donors (Lipinski definition) is 1. The van der Waals surface area contributed by atoms with Crippen molar-refractivity contribution in [3.8, 4) is 0 Å². The third-order valence-corrected chi connectivity index (χ3v) is 3.74. The maximum Gasteiger partial charge on any atom is 0.254 e. The molecule has 1 aromatic carbocycles. The molecule has 0 unspecified atom stereocenters. The third kappa shape index (κ3) is 2.83. The van der Waals surface area contributed by atoms with E-state index >= 15 is 0 Å². The van der Waals surface area contributed by atoms with E-state index in [4.69, 9.17) is 16.0 Å². The molecule has 2 heterocycles. The van der Waals surface area contributed by atoms with Crippen molar-refractivity contribution in [2.45, 2.75) is 20.4 Å². The van der Waals surface area contributed by atoms with Crippen molar-refractivity contribution in [3.05, 3.63) is 64.2 Å². The predicted octanol–water partition coefficient (Wildman–Crippen LogP) is 4.03. The average molecular weight is 315 g/mol. The lowest BCUT2D eigenvalue weighted by molar-refractivity contribution is 0.0948. The van der Waals surface area contributed by atoms with Gasteiger partial charge in [0.2, 0.25) is 0 Å². The summed E-state index contributed by atoms with van der Waals surface area (Å²) in [5.74, 6) is 0.417. The number of nitrogens with zero attached hydrogens (tertiary/aromatic N) is 1. The summed E-state index contributed by atoms with van der Waals surface area (Å²) in [5, 5.41) is 3.89. The quantitative estimate of drug-likeness (QED) is 0.743. The van der Waals surface area contributed by atoms with Gasteiger partial charge in [-0.05, 0) is 43.7 Å². The molecule has 112 valence electrons. The first-order valence-electron chi connectivity index (χ1n) is 6.92. The molecule has 4 nitrogen and oxygen atoms in total. The zero-order chi connectivity index (χ0) is 15.7. The van der Waals surface area contributed by atoms with Crippen LogP contribution >= 0.6 is 11.6 Å². The van der Waals surface area contributed by atoms with Gasteiger partial charge in [-0.15, -0.1) is 0 Å². The number of aryl methyl sites for hydroxylation is 2. The molecule has 5 heteroatoms. The molecule has 0 aliphatic heterocycles. The van der Waals surface area contributed by atoms with Crippen molar-refractivity contribution in [2.75, 3.05) is 0 Å². The number of hydrogen-bond acceptors (Lipinski definition) is 3. The van der Waals surface area contributed by atoms with E-state index < -0.39 is 0 Å². The summed E-state index contributed by atoms with van der Waals surface area (Å²) >= 11 is 6.18. The standard InChI is InChI=1S/C17H15ClN2O2/c1-10-6-11(2)15-12(7-10)8-14(16(18)20-15)17(21)19-9-13-4-3-5-22-13/h3-8H,9H2,1-2H3,(H,19,21). The van der Waals surface area contributed by atoms with Crippen LogP contribution in [0.1, 0.15) is 27.2 Å². The highest BCUT2D eigenvalue weighted by molar-refractivity contribution is 6.33. The van der Waals surface area contributed by atoms with E-state index in [0.29, 0.717) is 17.9 Å². The summed E-state index contributed by atoms with van der Waals surface area (Å²) in [4.78, 5) is 16.7. The fraction of sp³-hybridized carbons (Fsp3) is 0.176. The lowest BCUT2D eigenvalue weighted by Crippen LogP contribution is -2.23. The summed E-state index contributed by atoms with van der Waals surface area (Å²) in [6.45, 7) is 4.31. The van der Waals surface area contributed by atoms with E-state index in [9.17, 15) is 4.79 Å². The van der Waals surface area contributed by atoms with Gasteiger partial charge in [0.25, 0.3) is 5.91 Å². The minimum absolute atomic E-state index is 0.205. The molecule has 0 radical (unpaired) electrons. The number of amides is 1. The summed E-state index contributed by atoms with van der Waals surface area (Å²) in [7, 11) is 0.